The molecule has 2 atom stereocenters. The molecule has 0 amide bonds. The maximum absolute atomic E-state index is 10.3. The SMILES string of the molecule is Cc1ccc2c(c1)[C@H](O)CC(c1ccc(O)c(Cl)c1)O2. The molecule has 2 aromatic rings. The van der Waals surface area contributed by atoms with Crippen LogP contribution in [-0.2, 0) is 0 Å². The normalized spacial score (nSPS) is 21.1. The minimum atomic E-state index is -0.559. The number of aliphatic hydroxyl groups excluding tert-OH is 1. The number of fused-ring (bicyclic) bond motifs is 1. The van der Waals surface area contributed by atoms with Crippen LogP contribution < -0.4 is 4.74 Å². The third-order valence-corrected chi connectivity index (χ3v) is 3.88. The van der Waals surface area contributed by atoms with Crippen LogP contribution >= 0.6 is 11.6 Å². The van der Waals surface area contributed by atoms with Gasteiger partial charge in [0.05, 0.1) is 11.1 Å². The molecule has 0 radical (unpaired) electrons. The van der Waals surface area contributed by atoms with Gasteiger partial charge in [-0.2, -0.15) is 0 Å². The highest BCUT2D eigenvalue weighted by molar-refractivity contribution is 6.32. The summed E-state index contributed by atoms with van der Waals surface area (Å²) in [6, 6.07) is 10.8. The molecular weight excluding hydrogens is 276 g/mol. The number of aryl methyl sites for hydroxylation is 1. The van der Waals surface area contributed by atoms with Gasteiger partial charge in [0.1, 0.15) is 17.6 Å². The zero-order valence-electron chi connectivity index (χ0n) is 11.0. The fourth-order valence-electron chi connectivity index (χ4n) is 2.49. The molecule has 1 unspecified atom stereocenters. The van der Waals surface area contributed by atoms with Crippen LogP contribution in [0.2, 0.25) is 5.02 Å². The molecule has 3 nitrogen and oxygen atoms in total. The standard InChI is InChI=1S/C16H15ClO3/c1-9-2-5-15-11(6-9)14(19)8-16(20-15)10-3-4-13(18)12(17)7-10/h2-7,14,16,18-19H,8H2,1H3/t14-,16?/m1/s1. The van der Waals surface area contributed by atoms with Crippen LogP contribution in [0.25, 0.3) is 0 Å². The molecule has 20 heavy (non-hydrogen) atoms. The number of hydrogen-bond acceptors (Lipinski definition) is 3. The van der Waals surface area contributed by atoms with Gasteiger partial charge in [-0.25, -0.2) is 0 Å². The first-order valence-electron chi connectivity index (χ1n) is 6.48. The average molecular weight is 291 g/mol. The second-order valence-corrected chi connectivity index (χ2v) is 5.52. The minimum absolute atomic E-state index is 0.0443. The van der Waals surface area contributed by atoms with Gasteiger partial charge in [-0.05, 0) is 36.8 Å². The van der Waals surface area contributed by atoms with Gasteiger partial charge in [-0.15, -0.1) is 0 Å². The Bertz CT molecular complexity index is 654. The molecule has 2 aromatic carbocycles. The highest BCUT2D eigenvalue weighted by atomic mass is 35.5. The van der Waals surface area contributed by atoms with Crippen molar-refractivity contribution in [3.05, 3.63) is 58.1 Å². The van der Waals surface area contributed by atoms with Gasteiger partial charge in [0.15, 0.2) is 0 Å². The fourth-order valence-corrected chi connectivity index (χ4v) is 2.68. The Morgan fingerprint density at radius 3 is 2.75 bits per heavy atom. The molecule has 0 spiro atoms. The van der Waals surface area contributed by atoms with E-state index in [0.29, 0.717) is 12.2 Å². The van der Waals surface area contributed by atoms with E-state index in [1.165, 1.54) is 6.07 Å². The molecule has 1 aliphatic rings. The summed E-state index contributed by atoms with van der Waals surface area (Å²) in [7, 11) is 0. The van der Waals surface area contributed by atoms with E-state index in [9.17, 15) is 10.2 Å². The summed E-state index contributed by atoms with van der Waals surface area (Å²) < 4.78 is 5.94. The van der Waals surface area contributed by atoms with Gasteiger partial charge in [-0.1, -0.05) is 29.3 Å². The van der Waals surface area contributed by atoms with Crippen molar-refractivity contribution in [1.29, 1.82) is 0 Å². The summed E-state index contributed by atoms with van der Waals surface area (Å²) in [4.78, 5) is 0. The highest BCUT2D eigenvalue weighted by Crippen LogP contribution is 2.42. The summed E-state index contributed by atoms with van der Waals surface area (Å²) in [6.07, 6.45) is -0.355. The number of ether oxygens (including phenoxy) is 1. The summed E-state index contributed by atoms with van der Waals surface area (Å²) >= 11 is 5.92. The summed E-state index contributed by atoms with van der Waals surface area (Å²) in [5.41, 5.74) is 2.77. The van der Waals surface area contributed by atoms with E-state index in [1.54, 1.807) is 12.1 Å². The van der Waals surface area contributed by atoms with Crippen molar-refractivity contribution >= 4 is 11.6 Å². The largest absolute Gasteiger partial charge is 0.506 e. The van der Waals surface area contributed by atoms with Gasteiger partial charge in [0.2, 0.25) is 0 Å². The molecule has 0 saturated carbocycles. The van der Waals surface area contributed by atoms with E-state index in [1.807, 2.05) is 25.1 Å². The summed E-state index contributed by atoms with van der Waals surface area (Å²) in [6.45, 7) is 1.98. The lowest BCUT2D eigenvalue weighted by Crippen LogP contribution is -2.19. The van der Waals surface area contributed by atoms with Crippen LogP contribution in [0, 0.1) is 6.92 Å². The second kappa shape index (κ2) is 5.00. The van der Waals surface area contributed by atoms with E-state index < -0.39 is 6.10 Å². The highest BCUT2D eigenvalue weighted by Gasteiger charge is 2.28. The Morgan fingerprint density at radius 1 is 1.20 bits per heavy atom. The lowest BCUT2D eigenvalue weighted by atomic mass is 9.94. The van der Waals surface area contributed by atoms with Gasteiger partial charge in [0.25, 0.3) is 0 Å². The first-order valence-corrected chi connectivity index (χ1v) is 6.86. The van der Waals surface area contributed by atoms with Crippen LogP contribution in [0.3, 0.4) is 0 Å². The molecular formula is C16H15ClO3. The Kier molecular flexibility index (Phi) is 3.32. The lowest BCUT2D eigenvalue weighted by Gasteiger charge is -2.30. The molecule has 0 saturated heterocycles. The topological polar surface area (TPSA) is 49.7 Å². The Labute approximate surface area is 122 Å². The van der Waals surface area contributed by atoms with Crippen LogP contribution in [-0.4, -0.2) is 10.2 Å². The molecule has 0 aromatic heterocycles. The number of phenolic OH excluding ortho intramolecular Hbond substituents is 1. The first kappa shape index (κ1) is 13.3. The molecule has 0 bridgehead atoms. The predicted molar refractivity (Wildman–Crippen MR) is 77.2 cm³/mol. The Morgan fingerprint density at radius 2 is 2.00 bits per heavy atom. The van der Waals surface area contributed by atoms with E-state index >= 15 is 0 Å². The minimum Gasteiger partial charge on any atom is -0.506 e. The Balaban J connectivity index is 1.94. The van der Waals surface area contributed by atoms with Crippen LogP contribution in [0.4, 0.5) is 0 Å². The van der Waals surface area contributed by atoms with Crippen molar-refractivity contribution in [3.63, 3.8) is 0 Å². The van der Waals surface area contributed by atoms with Crippen molar-refractivity contribution in [2.75, 3.05) is 0 Å². The number of phenols is 1. The number of aromatic hydroxyl groups is 1. The molecule has 1 aliphatic heterocycles. The number of rotatable bonds is 1. The van der Waals surface area contributed by atoms with Crippen molar-refractivity contribution in [2.24, 2.45) is 0 Å². The van der Waals surface area contributed by atoms with Crippen LogP contribution in [0.15, 0.2) is 36.4 Å². The summed E-state index contributed by atoms with van der Waals surface area (Å²) in [5, 5.41) is 20.0. The summed E-state index contributed by atoms with van der Waals surface area (Å²) in [5.74, 6) is 0.742. The van der Waals surface area contributed by atoms with E-state index in [-0.39, 0.29) is 16.9 Å². The quantitative estimate of drug-likeness (QED) is 0.837. The second-order valence-electron chi connectivity index (χ2n) is 5.11. The van der Waals surface area contributed by atoms with Crippen molar-refractivity contribution in [2.45, 2.75) is 25.6 Å². The third-order valence-electron chi connectivity index (χ3n) is 3.57. The van der Waals surface area contributed by atoms with Gasteiger partial charge in [0, 0.05) is 12.0 Å². The Hall–Kier alpha value is -1.71. The maximum Gasteiger partial charge on any atom is 0.134 e. The molecule has 1 heterocycles. The van der Waals surface area contributed by atoms with Crippen LogP contribution in [0.5, 0.6) is 11.5 Å². The first-order chi connectivity index (χ1) is 9.54. The molecule has 3 rings (SSSR count). The predicted octanol–water partition coefficient (Wildman–Crippen LogP) is 3.91. The zero-order chi connectivity index (χ0) is 14.3. The van der Waals surface area contributed by atoms with Crippen molar-refractivity contribution in [1.82, 2.24) is 0 Å². The van der Waals surface area contributed by atoms with Crippen LogP contribution in [0.1, 0.15) is 35.3 Å². The van der Waals surface area contributed by atoms with Gasteiger partial charge < -0.3 is 14.9 Å². The number of benzene rings is 2. The lowest BCUT2D eigenvalue weighted by molar-refractivity contribution is 0.0657. The van der Waals surface area contributed by atoms with E-state index in [2.05, 4.69) is 0 Å². The van der Waals surface area contributed by atoms with Gasteiger partial charge >= 0.3 is 0 Å². The number of halogens is 1. The molecule has 0 fully saturated rings. The fraction of sp³-hybridized carbons (Fsp3) is 0.250. The van der Waals surface area contributed by atoms with Crippen molar-refractivity contribution in [3.8, 4) is 11.5 Å². The monoisotopic (exact) mass is 290 g/mol. The smallest absolute Gasteiger partial charge is 0.134 e. The maximum atomic E-state index is 10.3. The number of hydrogen-bond donors (Lipinski definition) is 2. The van der Waals surface area contributed by atoms with E-state index in [4.69, 9.17) is 16.3 Å². The molecule has 4 heteroatoms. The third kappa shape index (κ3) is 2.35. The molecule has 2 N–H and O–H groups in total. The zero-order valence-corrected chi connectivity index (χ0v) is 11.8. The molecule has 0 aliphatic carbocycles. The van der Waals surface area contributed by atoms with Crippen molar-refractivity contribution < 1.29 is 14.9 Å². The number of aliphatic hydroxyl groups is 1. The van der Waals surface area contributed by atoms with Gasteiger partial charge in [-0.3, -0.25) is 0 Å². The van der Waals surface area contributed by atoms with E-state index in [0.717, 1.165) is 16.7 Å². The molecule has 104 valence electrons. The average Bonchev–Trinajstić information content (AvgIpc) is 2.42.